The lowest BCUT2D eigenvalue weighted by atomic mass is 9.89. The molecule has 0 saturated carbocycles. The number of rotatable bonds is 1. The number of H-pyrrole nitrogens is 1. The molecule has 0 bridgehead atoms. The molecule has 2 aromatic rings. The predicted octanol–water partition coefficient (Wildman–Crippen LogP) is 3.53. The molecule has 1 N–H and O–H groups in total. The molecule has 0 atom stereocenters. The van der Waals surface area contributed by atoms with Crippen LogP contribution in [-0.2, 0) is 6.42 Å². The first-order valence-corrected chi connectivity index (χ1v) is 5.47. The van der Waals surface area contributed by atoms with Crippen LogP contribution in [0.2, 0.25) is 0 Å². The third-order valence-corrected chi connectivity index (χ3v) is 3.01. The van der Waals surface area contributed by atoms with Gasteiger partial charge >= 0.3 is 0 Å². The third kappa shape index (κ3) is 1.47. The second kappa shape index (κ2) is 3.63. The Kier molecular flexibility index (Phi) is 2.13. The van der Waals surface area contributed by atoms with Gasteiger partial charge in [0.1, 0.15) is 5.82 Å². The van der Waals surface area contributed by atoms with Gasteiger partial charge in [-0.2, -0.15) is 0 Å². The summed E-state index contributed by atoms with van der Waals surface area (Å²) in [6, 6.07) is 9.07. The molecule has 1 aliphatic rings. The standard InChI is InChI=1S/C14H12FN/c15-11-6-7-12-10(9-11)3-1-4-13(12)14-5-2-8-16-14/h2,4-9,16H,1,3H2. The van der Waals surface area contributed by atoms with Crippen LogP contribution in [0, 0.1) is 5.82 Å². The van der Waals surface area contributed by atoms with Crippen LogP contribution in [0.5, 0.6) is 0 Å². The van der Waals surface area contributed by atoms with Crippen LogP contribution in [0.25, 0.3) is 5.57 Å². The van der Waals surface area contributed by atoms with E-state index >= 15 is 0 Å². The van der Waals surface area contributed by atoms with E-state index in [9.17, 15) is 4.39 Å². The molecule has 80 valence electrons. The minimum atomic E-state index is -0.147. The van der Waals surface area contributed by atoms with Crippen molar-refractivity contribution in [2.75, 3.05) is 0 Å². The highest BCUT2D eigenvalue weighted by Gasteiger charge is 2.14. The highest BCUT2D eigenvalue weighted by molar-refractivity contribution is 5.80. The quantitative estimate of drug-likeness (QED) is 0.745. The van der Waals surface area contributed by atoms with Gasteiger partial charge < -0.3 is 4.98 Å². The molecule has 0 fully saturated rings. The second-order valence-electron chi connectivity index (χ2n) is 4.04. The van der Waals surface area contributed by atoms with Crippen LogP contribution in [-0.4, -0.2) is 4.98 Å². The zero-order chi connectivity index (χ0) is 11.0. The van der Waals surface area contributed by atoms with Gasteiger partial charge in [-0.15, -0.1) is 0 Å². The molecule has 0 spiro atoms. The fourth-order valence-corrected chi connectivity index (χ4v) is 2.27. The average Bonchev–Trinajstić information content (AvgIpc) is 2.81. The summed E-state index contributed by atoms with van der Waals surface area (Å²) in [6.07, 6.45) is 6.03. The van der Waals surface area contributed by atoms with Crippen LogP contribution in [0.15, 0.2) is 42.6 Å². The maximum atomic E-state index is 13.1. The minimum Gasteiger partial charge on any atom is -0.361 e. The molecule has 0 radical (unpaired) electrons. The summed E-state index contributed by atoms with van der Waals surface area (Å²) >= 11 is 0. The predicted molar refractivity (Wildman–Crippen MR) is 62.6 cm³/mol. The van der Waals surface area contributed by atoms with Gasteiger partial charge in [0, 0.05) is 17.5 Å². The van der Waals surface area contributed by atoms with Crippen molar-refractivity contribution in [3.63, 3.8) is 0 Å². The molecular formula is C14H12FN. The van der Waals surface area contributed by atoms with Crippen LogP contribution in [0.4, 0.5) is 4.39 Å². The highest BCUT2D eigenvalue weighted by atomic mass is 19.1. The summed E-state index contributed by atoms with van der Waals surface area (Å²) in [5, 5.41) is 0. The molecule has 1 heterocycles. The van der Waals surface area contributed by atoms with Gasteiger partial charge in [-0.25, -0.2) is 4.39 Å². The number of aryl methyl sites for hydroxylation is 1. The number of aromatic amines is 1. The van der Waals surface area contributed by atoms with Gasteiger partial charge in [0.05, 0.1) is 0 Å². The number of hydrogen-bond acceptors (Lipinski definition) is 0. The Morgan fingerprint density at radius 1 is 1.19 bits per heavy atom. The fourth-order valence-electron chi connectivity index (χ4n) is 2.27. The van der Waals surface area contributed by atoms with E-state index in [4.69, 9.17) is 0 Å². The first kappa shape index (κ1) is 9.40. The largest absolute Gasteiger partial charge is 0.361 e. The van der Waals surface area contributed by atoms with Crippen molar-refractivity contribution in [3.05, 3.63) is 65.2 Å². The highest BCUT2D eigenvalue weighted by Crippen LogP contribution is 2.31. The van der Waals surface area contributed by atoms with Crippen LogP contribution < -0.4 is 0 Å². The summed E-state index contributed by atoms with van der Waals surface area (Å²) in [7, 11) is 0. The molecule has 3 rings (SSSR count). The third-order valence-electron chi connectivity index (χ3n) is 3.01. The van der Waals surface area contributed by atoms with Crippen molar-refractivity contribution in [1.82, 2.24) is 4.98 Å². The molecule has 16 heavy (non-hydrogen) atoms. The zero-order valence-electron chi connectivity index (χ0n) is 8.83. The maximum Gasteiger partial charge on any atom is 0.123 e. The molecule has 1 aromatic heterocycles. The van der Waals surface area contributed by atoms with Crippen LogP contribution >= 0.6 is 0 Å². The summed E-state index contributed by atoms with van der Waals surface area (Å²) < 4.78 is 13.1. The van der Waals surface area contributed by atoms with Gasteiger partial charge in [-0.05, 0) is 48.2 Å². The first-order valence-electron chi connectivity index (χ1n) is 5.47. The summed E-state index contributed by atoms with van der Waals surface area (Å²) in [6.45, 7) is 0. The van der Waals surface area contributed by atoms with E-state index in [-0.39, 0.29) is 5.82 Å². The van der Waals surface area contributed by atoms with E-state index in [1.807, 2.05) is 24.4 Å². The van der Waals surface area contributed by atoms with Crippen LogP contribution in [0.1, 0.15) is 23.2 Å². The number of benzene rings is 1. The van der Waals surface area contributed by atoms with Crippen molar-refractivity contribution >= 4 is 5.57 Å². The van der Waals surface area contributed by atoms with Crippen molar-refractivity contribution in [3.8, 4) is 0 Å². The van der Waals surface area contributed by atoms with E-state index in [2.05, 4.69) is 11.1 Å². The first-order chi connectivity index (χ1) is 7.84. The van der Waals surface area contributed by atoms with E-state index in [1.165, 1.54) is 11.6 Å². The molecule has 0 amide bonds. The average molecular weight is 213 g/mol. The maximum absolute atomic E-state index is 13.1. The lowest BCUT2D eigenvalue weighted by molar-refractivity contribution is 0.624. The van der Waals surface area contributed by atoms with Gasteiger partial charge in [0.15, 0.2) is 0 Å². The Bertz CT molecular complexity index is 538. The van der Waals surface area contributed by atoms with Crippen molar-refractivity contribution in [2.45, 2.75) is 12.8 Å². The molecule has 1 nitrogen and oxygen atoms in total. The Labute approximate surface area is 93.6 Å². The molecule has 0 unspecified atom stereocenters. The van der Waals surface area contributed by atoms with Crippen molar-refractivity contribution in [1.29, 1.82) is 0 Å². The number of aromatic nitrogens is 1. The smallest absolute Gasteiger partial charge is 0.123 e. The number of nitrogens with one attached hydrogen (secondary N) is 1. The minimum absolute atomic E-state index is 0.147. The van der Waals surface area contributed by atoms with Gasteiger partial charge in [0.2, 0.25) is 0 Å². The zero-order valence-corrected chi connectivity index (χ0v) is 8.83. The van der Waals surface area contributed by atoms with Gasteiger partial charge in [-0.1, -0.05) is 12.1 Å². The topological polar surface area (TPSA) is 15.8 Å². The number of fused-ring (bicyclic) bond motifs is 1. The molecule has 0 aliphatic heterocycles. The number of allylic oxidation sites excluding steroid dienone is 1. The van der Waals surface area contributed by atoms with E-state index in [0.29, 0.717) is 0 Å². The fraction of sp³-hybridized carbons (Fsp3) is 0.143. The molecule has 2 heteroatoms. The summed E-state index contributed by atoms with van der Waals surface area (Å²) in [5.41, 5.74) is 4.54. The Morgan fingerprint density at radius 2 is 2.12 bits per heavy atom. The number of halogens is 1. The lowest BCUT2D eigenvalue weighted by Gasteiger charge is -2.17. The van der Waals surface area contributed by atoms with Crippen molar-refractivity contribution in [2.24, 2.45) is 0 Å². The monoisotopic (exact) mass is 213 g/mol. The number of hydrogen-bond donors (Lipinski definition) is 1. The SMILES string of the molecule is Fc1ccc2c(c1)CCC=C2c1ccc[nH]1. The van der Waals surface area contributed by atoms with E-state index in [1.54, 1.807) is 6.07 Å². The van der Waals surface area contributed by atoms with Crippen molar-refractivity contribution < 1.29 is 4.39 Å². The second-order valence-corrected chi connectivity index (χ2v) is 4.04. The molecule has 1 aliphatic carbocycles. The normalized spacial score (nSPS) is 14.4. The van der Waals surface area contributed by atoms with Crippen LogP contribution in [0.3, 0.4) is 0 Å². The molecular weight excluding hydrogens is 201 g/mol. The Morgan fingerprint density at radius 3 is 2.94 bits per heavy atom. The van der Waals surface area contributed by atoms with Gasteiger partial charge in [-0.3, -0.25) is 0 Å². The lowest BCUT2D eigenvalue weighted by Crippen LogP contribution is -2.01. The van der Waals surface area contributed by atoms with E-state index in [0.717, 1.165) is 29.7 Å². The Hall–Kier alpha value is -1.83. The molecule has 1 aromatic carbocycles. The van der Waals surface area contributed by atoms with Gasteiger partial charge in [0.25, 0.3) is 0 Å². The summed E-state index contributed by atoms with van der Waals surface area (Å²) in [5.74, 6) is -0.147. The molecule has 0 saturated heterocycles. The summed E-state index contributed by atoms with van der Waals surface area (Å²) in [4.78, 5) is 3.20. The van der Waals surface area contributed by atoms with E-state index < -0.39 is 0 Å². The Balaban J connectivity index is 2.14.